The van der Waals surface area contributed by atoms with Crippen LogP contribution in [0, 0.1) is 6.92 Å². The smallest absolute Gasteiger partial charge is 0.251 e. The van der Waals surface area contributed by atoms with Crippen molar-refractivity contribution in [3.63, 3.8) is 0 Å². The molecule has 5 heteroatoms. The molecule has 2 aromatic rings. The molecular weight excluding hydrogens is 292 g/mol. The van der Waals surface area contributed by atoms with Crippen LogP contribution in [0.3, 0.4) is 0 Å². The third-order valence-electron chi connectivity index (χ3n) is 3.60. The largest absolute Gasteiger partial charge is 0.396 e. The maximum atomic E-state index is 11.9. The van der Waals surface area contributed by atoms with Gasteiger partial charge in [0, 0.05) is 24.3 Å². The molecule has 0 radical (unpaired) electrons. The van der Waals surface area contributed by atoms with Crippen molar-refractivity contribution in [3.8, 4) is 11.1 Å². The summed E-state index contributed by atoms with van der Waals surface area (Å²) in [7, 11) is 0. The predicted molar refractivity (Wildman–Crippen MR) is 89.2 cm³/mol. The minimum absolute atomic E-state index is 0.0504. The van der Waals surface area contributed by atoms with Crippen LogP contribution in [-0.4, -0.2) is 30.1 Å². The van der Waals surface area contributed by atoms with Crippen LogP contribution in [-0.2, 0) is 0 Å². The molecule has 5 nitrogen and oxygen atoms in total. The molecule has 23 heavy (non-hydrogen) atoms. The zero-order valence-corrected chi connectivity index (χ0v) is 13.0. The highest BCUT2D eigenvalue weighted by Gasteiger charge is 2.09. The van der Waals surface area contributed by atoms with Gasteiger partial charge < -0.3 is 16.2 Å². The number of aryl methyl sites for hydroxylation is 1. The highest BCUT2D eigenvalue weighted by atomic mass is 16.3. The molecule has 2 rings (SSSR count). The Morgan fingerprint density at radius 2 is 1.74 bits per heavy atom. The molecule has 0 bridgehead atoms. The van der Waals surface area contributed by atoms with E-state index >= 15 is 0 Å². The van der Waals surface area contributed by atoms with Gasteiger partial charge in [0.05, 0.1) is 0 Å². The second-order valence-corrected chi connectivity index (χ2v) is 5.30. The number of amides is 2. The Bertz CT molecular complexity index is 709. The predicted octanol–water partition coefficient (Wildman–Crippen LogP) is 1.87. The van der Waals surface area contributed by atoms with E-state index in [0.29, 0.717) is 24.1 Å². The number of hydrogen-bond acceptors (Lipinski definition) is 3. The van der Waals surface area contributed by atoms with Gasteiger partial charge in [0.2, 0.25) is 5.91 Å². The summed E-state index contributed by atoms with van der Waals surface area (Å²) in [5, 5.41) is 11.4. The van der Waals surface area contributed by atoms with Crippen molar-refractivity contribution < 1.29 is 14.7 Å². The van der Waals surface area contributed by atoms with Crippen LogP contribution in [0.15, 0.2) is 42.5 Å². The lowest BCUT2D eigenvalue weighted by atomic mass is 9.98. The Labute approximate surface area is 135 Å². The molecule has 4 N–H and O–H groups in total. The van der Waals surface area contributed by atoms with Crippen molar-refractivity contribution in [1.82, 2.24) is 5.32 Å². The van der Waals surface area contributed by atoms with E-state index in [1.807, 2.05) is 31.2 Å². The number of hydrogen-bond donors (Lipinski definition) is 3. The van der Waals surface area contributed by atoms with Gasteiger partial charge in [-0.25, -0.2) is 0 Å². The molecule has 0 aliphatic heterocycles. The van der Waals surface area contributed by atoms with Gasteiger partial charge in [-0.15, -0.1) is 0 Å². The number of carbonyl (C=O) groups excluding carboxylic acids is 2. The van der Waals surface area contributed by atoms with Crippen LogP contribution in [0.4, 0.5) is 0 Å². The molecule has 0 heterocycles. The Kier molecular flexibility index (Phi) is 5.49. The van der Waals surface area contributed by atoms with Crippen LogP contribution in [0.2, 0.25) is 0 Å². The highest BCUT2D eigenvalue weighted by molar-refractivity contribution is 5.96. The number of primary amides is 1. The topological polar surface area (TPSA) is 92.4 Å². The molecule has 0 fully saturated rings. The third kappa shape index (κ3) is 4.17. The zero-order chi connectivity index (χ0) is 16.8. The lowest BCUT2D eigenvalue weighted by Gasteiger charge is -2.08. The normalized spacial score (nSPS) is 10.3. The van der Waals surface area contributed by atoms with Crippen molar-refractivity contribution in [3.05, 3.63) is 59.2 Å². The maximum Gasteiger partial charge on any atom is 0.251 e. The summed E-state index contributed by atoms with van der Waals surface area (Å²) in [5.74, 6) is -0.629. The monoisotopic (exact) mass is 312 g/mol. The summed E-state index contributed by atoms with van der Waals surface area (Å²) in [6.45, 7) is 2.33. The molecular formula is C18H20N2O3. The first-order valence-corrected chi connectivity index (χ1v) is 7.43. The molecule has 0 unspecified atom stereocenters. The molecule has 120 valence electrons. The van der Waals surface area contributed by atoms with Gasteiger partial charge in [-0.05, 0) is 48.2 Å². The summed E-state index contributed by atoms with van der Waals surface area (Å²) in [6.07, 6.45) is 0.531. The van der Waals surface area contributed by atoms with E-state index in [1.54, 1.807) is 18.2 Å². The first-order chi connectivity index (χ1) is 11.0. The lowest BCUT2D eigenvalue weighted by molar-refractivity contribution is 0.0949. The average molecular weight is 312 g/mol. The molecule has 0 aromatic heterocycles. The van der Waals surface area contributed by atoms with Gasteiger partial charge in [0.15, 0.2) is 0 Å². The van der Waals surface area contributed by atoms with Crippen LogP contribution < -0.4 is 11.1 Å². The fourth-order valence-corrected chi connectivity index (χ4v) is 2.26. The average Bonchev–Trinajstić information content (AvgIpc) is 2.55. The van der Waals surface area contributed by atoms with E-state index in [4.69, 9.17) is 10.8 Å². The quantitative estimate of drug-likeness (QED) is 0.711. The second kappa shape index (κ2) is 7.56. The number of carbonyl (C=O) groups is 2. The number of aliphatic hydroxyl groups excluding tert-OH is 1. The molecule has 0 aliphatic carbocycles. The number of benzene rings is 2. The van der Waals surface area contributed by atoms with E-state index < -0.39 is 5.91 Å². The van der Waals surface area contributed by atoms with E-state index in [9.17, 15) is 9.59 Å². The van der Waals surface area contributed by atoms with E-state index in [2.05, 4.69) is 5.32 Å². The zero-order valence-electron chi connectivity index (χ0n) is 13.0. The molecule has 0 spiro atoms. The van der Waals surface area contributed by atoms with Crippen molar-refractivity contribution in [2.24, 2.45) is 5.73 Å². The SMILES string of the molecule is Cc1ccc(-c2ccc(C(=O)NCCCO)cc2)cc1C(N)=O. The fraction of sp³-hybridized carbons (Fsp3) is 0.222. The van der Waals surface area contributed by atoms with Crippen molar-refractivity contribution >= 4 is 11.8 Å². The van der Waals surface area contributed by atoms with E-state index in [1.165, 1.54) is 0 Å². The maximum absolute atomic E-state index is 11.9. The molecule has 2 amide bonds. The fourth-order valence-electron chi connectivity index (χ4n) is 2.26. The standard InChI is InChI=1S/C18H20N2O3/c1-12-3-4-15(11-16(12)17(19)22)13-5-7-14(8-6-13)18(23)20-9-2-10-21/h3-8,11,21H,2,9-10H2,1H3,(H2,19,22)(H,20,23). The third-order valence-corrected chi connectivity index (χ3v) is 3.60. The van der Waals surface area contributed by atoms with E-state index in [0.717, 1.165) is 16.7 Å². The summed E-state index contributed by atoms with van der Waals surface area (Å²) in [4.78, 5) is 23.3. The Morgan fingerprint density at radius 1 is 1.09 bits per heavy atom. The number of nitrogens with one attached hydrogen (secondary N) is 1. The Morgan fingerprint density at radius 3 is 2.35 bits per heavy atom. The summed E-state index contributed by atoms with van der Waals surface area (Å²) < 4.78 is 0. The summed E-state index contributed by atoms with van der Waals surface area (Å²) >= 11 is 0. The Hall–Kier alpha value is -2.66. The highest BCUT2D eigenvalue weighted by Crippen LogP contribution is 2.22. The first kappa shape index (κ1) is 16.7. The van der Waals surface area contributed by atoms with Gasteiger partial charge in [-0.2, -0.15) is 0 Å². The van der Waals surface area contributed by atoms with Crippen molar-refractivity contribution in [1.29, 1.82) is 0 Å². The van der Waals surface area contributed by atoms with Crippen LogP contribution in [0.5, 0.6) is 0 Å². The number of aliphatic hydroxyl groups is 1. The summed E-state index contributed by atoms with van der Waals surface area (Å²) in [6, 6.07) is 12.6. The first-order valence-electron chi connectivity index (χ1n) is 7.43. The van der Waals surface area contributed by atoms with E-state index in [-0.39, 0.29) is 12.5 Å². The lowest BCUT2D eigenvalue weighted by Crippen LogP contribution is -2.24. The minimum atomic E-state index is -0.454. The molecule has 0 aliphatic rings. The number of nitrogens with two attached hydrogens (primary N) is 1. The summed E-state index contributed by atoms with van der Waals surface area (Å²) in [5.41, 5.74) is 9.03. The second-order valence-electron chi connectivity index (χ2n) is 5.30. The minimum Gasteiger partial charge on any atom is -0.396 e. The Balaban J connectivity index is 2.18. The van der Waals surface area contributed by atoms with Gasteiger partial charge in [-0.3, -0.25) is 9.59 Å². The molecule has 0 saturated heterocycles. The van der Waals surface area contributed by atoms with Gasteiger partial charge in [0.1, 0.15) is 0 Å². The van der Waals surface area contributed by atoms with Gasteiger partial charge in [0.25, 0.3) is 5.91 Å². The van der Waals surface area contributed by atoms with Gasteiger partial charge in [-0.1, -0.05) is 24.3 Å². The van der Waals surface area contributed by atoms with Gasteiger partial charge >= 0.3 is 0 Å². The van der Waals surface area contributed by atoms with Crippen LogP contribution in [0.1, 0.15) is 32.7 Å². The van der Waals surface area contributed by atoms with Crippen molar-refractivity contribution in [2.45, 2.75) is 13.3 Å². The molecule has 2 aromatic carbocycles. The van der Waals surface area contributed by atoms with Crippen molar-refractivity contribution in [2.75, 3.05) is 13.2 Å². The van der Waals surface area contributed by atoms with Crippen LogP contribution in [0.25, 0.3) is 11.1 Å². The molecule has 0 atom stereocenters. The number of rotatable bonds is 6. The molecule has 0 saturated carbocycles. The van der Waals surface area contributed by atoms with Crippen LogP contribution >= 0.6 is 0 Å².